The monoisotopic (exact) mass is 345 g/mol. The number of aliphatic hydroxyl groups is 1. The first kappa shape index (κ1) is 17.1. The number of aromatic nitrogens is 1. The lowest BCUT2D eigenvalue weighted by molar-refractivity contribution is 0.0850. The average Bonchev–Trinajstić information content (AvgIpc) is 3.16. The zero-order valence-corrected chi connectivity index (χ0v) is 14.4. The van der Waals surface area contributed by atoms with Crippen LogP contribution >= 0.6 is 11.3 Å². The minimum atomic E-state index is -0.438. The highest BCUT2D eigenvalue weighted by Crippen LogP contribution is 2.20. The molecule has 1 aliphatic rings. The number of nitrogens with zero attached hydrogens (tertiary/aromatic N) is 2. The van der Waals surface area contributed by atoms with Gasteiger partial charge in [0.05, 0.1) is 11.6 Å². The molecule has 24 heavy (non-hydrogen) atoms. The highest BCUT2D eigenvalue weighted by molar-refractivity contribution is 7.07. The van der Waals surface area contributed by atoms with Gasteiger partial charge in [0.15, 0.2) is 0 Å². The Kier molecular flexibility index (Phi) is 5.96. The number of likely N-dealkylation sites (tertiary alicyclic amines) is 1. The summed E-state index contributed by atoms with van der Waals surface area (Å²) in [6.45, 7) is 3.29. The van der Waals surface area contributed by atoms with Gasteiger partial charge in [-0.25, -0.2) is 4.98 Å². The van der Waals surface area contributed by atoms with Crippen LogP contribution in [0, 0.1) is 5.92 Å². The van der Waals surface area contributed by atoms with Crippen LogP contribution in [0.25, 0.3) is 0 Å². The normalized spacial score (nSPS) is 17.5. The molecule has 1 atom stereocenters. The molecule has 0 radical (unpaired) electrons. The summed E-state index contributed by atoms with van der Waals surface area (Å²) >= 11 is 1.43. The first-order valence-electron chi connectivity index (χ1n) is 8.34. The second-order valence-corrected chi connectivity index (χ2v) is 6.97. The van der Waals surface area contributed by atoms with E-state index in [4.69, 9.17) is 0 Å². The molecule has 128 valence electrons. The van der Waals surface area contributed by atoms with Crippen LogP contribution < -0.4 is 5.32 Å². The van der Waals surface area contributed by atoms with Crippen LogP contribution in [0.5, 0.6) is 0 Å². The molecule has 1 aliphatic heterocycles. The van der Waals surface area contributed by atoms with Crippen molar-refractivity contribution in [2.24, 2.45) is 5.92 Å². The van der Waals surface area contributed by atoms with Crippen LogP contribution in [-0.2, 0) is 0 Å². The third kappa shape index (κ3) is 4.63. The summed E-state index contributed by atoms with van der Waals surface area (Å²) in [6.07, 6.45) is 1.64. The second-order valence-electron chi connectivity index (χ2n) is 6.25. The molecular formula is C18H23N3O2S. The first-order valence-corrected chi connectivity index (χ1v) is 9.28. The van der Waals surface area contributed by atoms with Crippen LogP contribution in [0.3, 0.4) is 0 Å². The van der Waals surface area contributed by atoms with Crippen molar-refractivity contribution in [1.82, 2.24) is 15.2 Å². The van der Waals surface area contributed by atoms with E-state index in [1.165, 1.54) is 11.3 Å². The number of β-amino-alcohol motifs (C(OH)–C–C–N with tert-alkyl or cyclic N) is 1. The van der Waals surface area contributed by atoms with Crippen molar-refractivity contribution in [2.75, 3.05) is 26.2 Å². The van der Waals surface area contributed by atoms with Gasteiger partial charge in [0.1, 0.15) is 5.69 Å². The number of amides is 1. The fourth-order valence-electron chi connectivity index (χ4n) is 3.05. The molecule has 5 nitrogen and oxygen atoms in total. The summed E-state index contributed by atoms with van der Waals surface area (Å²) in [4.78, 5) is 18.2. The van der Waals surface area contributed by atoms with Crippen LogP contribution in [-0.4, -0.2) is 47.1 Å². The van der Waals surface area contributed by atoms with Crippen molar-refractivity contribution in [3.63, 3.8) is 0 Å². The van der Waals surface area contributed by atoms with E-state index in [2.05, 4.69) is 15.2 Å². The van der Waals surface area contributed by atoms with Gasteiger partial charge in [-0.2, -0.15) is 0 Å². The Morgan fingerprint density at radius 1 is 1.33 bits per heavy atom. The summed E-state index contributed by atoms with van der Waals surface area (Å²) in [5, 5.41) is 15.1. The molecule has 0 bridgehead atoms. The molecule has 0 aliphatic carbocycles. The van der Waals surface area contributed by atoms with Crippen LogP contribution in [0.1, 0.15) is 35.0 Å². The van der Waals surface area contributed by atoms with Crippen molar-refractivity contribution in [3.8, 4) is 0 Å². The Hall–Kier alpha value is -1.76. The van der Waals surface area contributed by atoms with Gasteiger partial charge in [-0.3, -0.25) is 4.79 Å². The smallest absolute Gasteiger partial charge is 0.270 e. The maximum absolute atomic E-state index is 11.9. The number of carbonyl (C=O) groups is 1. The summed E-state index contributed by atoms with van der Waals surface area (Å²) in [7, 11) is 0. The predicted molar refractivity (Wildman–Crippen MR) is 95.0 cm³/mol. The van der Waals surface area contributed by atoms with E-state index in [-0.39, 0.29) is 5.91 Å². The topological polar surface area (TPSA) is 65.5 Å². The van der Waals surface area contributed by atoms with Crippen LogP contribution in [0.2, 0.25) is 0 Å². The molecule has 2 aromatic rings. The Morgan fingerprint density at radius 2 is 2.08 bits per heavy atom. The molecule has 1 amide bonds. The molecule has 1 fully saturated rings. The van der Waals surface area contributed by atoms with Crippen molar-refractivity contribution < 1.29 is 9.90 Å². The number of hydrogen-bond donors (Lipinski definition) is 2. The van der Waals surface area contributed by atoms with Gasteiger partial charge in [-0.15, -0.1) is 11.3 Å². The number of carbonyl (C=O) groups excluding carboxylic acids is 1. The van der Waals surface area contributed by atoms with Crippen molar-refractivity contribution in [2.45, 2.75) is 18.9 Å². The van der Waals surface area contributed by atoms with Crippen LogP contribution in [0.15, 0.2) is 41.2 Å². The molecule has 1 aromatic carbocycles. The van der Waals surface area contributed by atoms with Gasteiger partial charge in [0.25, 0.3) is 5.91 Å². The third-order valence-corrected chi connectivity index (χ3v) is 5.13. The van der Waals surface area contributed by atoms with E-state index in [9.17, 15) is 9.90 Å². The highest BCUT2D eigenvalue weighted by atomic mass is 32.1. The lowest BCUT2D eigenvalue weighted by Gasteiger charge is -2.33. The minimum absolute atomic E-state index is 0.0850. The summed E-state index contributed by atoms with van der Waals surface area (Å²) < 4.78 is 0. The lowest BCUT2D eigenvalue weighted by Crippen LogP contribution is -2.40. The number of hydrogen-bond acceptors (Lipinski definition) is 5. The SMILES string of the molecule is O=C(NCC1CCN(C[C@H](O)c2ccccc2)CC1)c1cscn1. The van der Waals surface area contributed by atoms with E-state index in [1.54, 1.807) is 10.9 Å². The van der Waals surface area contributed by atoms with E-state index in [1.807, 2.05) is 30.3 Å². The quantitative estimate of drug-likeness (QED) is 0.843. The fraction of sp³-hybridized carbons (Fsp3) is 0.444. The Labute approximate surface area is 146 Å². The average molecular weight is 345 g/mol. The van der Waals surface area contributed by atoms with Crippen molar-refractivity contribution >= 4 is 17.2 Å². The molecule has 1 aromatic heterocycles. The largest absolute Gasteiger partial charge is 0.387 e. The molecule has 0 unspecified atom stereocenters. The fourth-order valence-corrected chi connectivity index (χ4v) is 3.58. The number of thiazole rings is 1. The van der Waals surface area contributed by atoms with Crippen LogP contribution in [0.4, 0.5) is 0 Å². The molecule has 2 N–H and O–H groups in total. The predicted octanol–water partition coefficient (Wildman–Crippen LogP) is 2.32. The summed E-state index contributed by atoms with van der Waals surface area (Å²) in [6, 6.07) is 9.80. The molecule has 6 heteroatoms. The van der Waals surface area contributed by atoms with Gasteiger partial charge in [0.2, 0.25) is 0 Å². The maximum Gasteiger partial charge on any atom is 0.270 e. The standard InChI is InChI=1S/C18H23N3O2S/c22-17(15-4-2-1-3-5-15)11-21-8-6-14(7-9-21)10-19-18(23)16-12-24-13-20-16/h1-5,12-14,17,22H,6-11H2,(H,19,23)/t17-/m0/s1. The molecule has 1 saturated heterocycles. The molecule has 0 saturated carbocycles. The van der Waals surface area contributed by atoms with Crippen molar-refractivity contribution in [3.05, 3.63) is 52.5 Å². The highest BCUT2D eigenvalue weighted by Gasteiger charge is 2.22. The van der Waals surface area contributed by atoms with Gasteiger partial charge in [-0.1, -0.05) is 30.3 Å². The zero-order valence-electron chi connectivity index (χ0n) is 13.6. The van der Waals surface area contributed by atoms with E-state index >= 15 is 0 Å². The van der Waals surface area contributed by atoms with E-state index in [0.717, 1.165) is 31.5 Å². The van der Waals surface area contributed by atoms with E-state index < -0.39 is 6.10 Å². The van der Waals surface area contributed by atoms with Gasteiger partial charge in [0, 0.05) is 18.5 Å². The van der Waals surface area contributed by atoms with E-state index in [0.29, 0.717) is 24.7 Å². The number of piperidine rings is 1. The molecular weight excluding hydrogens is 322 g/mol. The summed E-state index contributed by atoms with van der Waals surface area (Å²) in [5.74, 6) is 0.413. The molecule has 3 rings (SSSR count). The number of benzene rings is 1. The Balaban J connectivity index is 1.39. The number of aliphatic hydroxyl groups excluding tert-OH is 1. The maximum atomic E-state index is 11.9. The van der Waals surface area contributed by atoms with Gasteiger partial charge < -0.3 is 15.3 Å². The minimum Gasteiger partial charge on any atom is -0.387 e. The Morgan fingerprint density at radius 3 is 2.75 bits per heavy atom. The Bertz CT molecular complexity index is 625. The molecule has 2 heterocycles. The third-order valence-electron chi connectivity index (χ3n) is 4.54. The van der Waals surface area contributed by atoms with Gasteiger partial charge in [-0.05, 0) is 37.4 Å². The lowest BCUT2D eigenvalue weighted by atomic mass is 9.96. The van der Waals surface area contributed by atoms with Crippen molar-refractivity contribution in [1.29, 1.82) is 0 Å². The number of rotatable bonds is 6. The summed E-state index contributed by atoms with van der Waals surface area (Å²) in [5.41, 5.74) is 3.14. The first-order chi connectivity index (χ1) is 11.7. The molecule has 0 spiro atoms. The second kappa shape index (κ2) is 8.37. The number of nitrogens with one attached hydrogen (secondary N) is 1. The zero-order chi connectivity index (χ0) is 16.8. The van der Waals surface area contributed by atoms with Gasteiger partial charge >= 0.3 is 0 Å².